The molecule has 0 saturated heterocycles. The molecule has 1 aromatic heterocycles. The number of hydrogen-bond acceptors (Lipinski definition) is 5. The maximum Gasteiger partial charge on any atom is 0.172 e. The molecule has 1 aromatic carbocycles. The summed E-state index contributed by atoms with van der Waals surface area (Å²) in [4.78, 5) is 10.8. The lowest BCUT2D eigenvalue weighted by Crippen LogP contribution is -2.04. The smallest absolute Gasteiger partial charge is 0.172 e. The van der Waals surface area contributed by atoms with Gasteiger partial charge in [-0.3, -0.25) is 4.79 Å². The second-order valence-electron chi connectivity index (χ2n) is 3.79. The number of ether oxygens (including phenoxy) is 1. The van der Waals surface area contributed by atoms with Crippen LogP contribution in [0.25, 0.3) is 0 Å². The molecule has 2 rings (SSSR count). The number of anilines is 1. The predicted octanol–water partition coefficient (Wildman–Crippen LogP) is 2.56. The lowest BCUT2D eigenvalue weighted by molar-refractivity contribution is 0.111. The first-order valence-electron chi connectivity index (χ1n) is 5.58. The number of methoxy groups -OCH3 is 1. The highest BCUT2D eigenvalue weighted by Crippen LogP contribution is 2.17. The molecule has 0 amide bonds. The number of benzene rings is 1. The fourth-order valence-electron chi connectivity index (χ4n) is 1.55. The van der Waals surface area contributed by atoms with Crippen LogP contribution in [-0.4, -0.2) is 23.6 Å². The summed E-state index contributed by atoms with van der Waals surface area (Å²) < 4.78 is 5.08. The Morgan fingerprint density at radius 1 is 1.32 bits per heavy atom. The number of rotatable bonds is 5. The number of aldehydes is 1. The van der Waals surface area contributed by atoms with Crippen molar-refractivity contribution in [1.29, 1.82) is 0 Å². The first kappa shape index (κ1) is 13.3. The fraction of sp³-hybridized carbons (Fsp3) is 0.154. The Labute approximate surface area is 115 Å². The second kappa shape index (κ2) is 6.15. The second-order valence-corrected chi connectivity index (χ2v) is 4.17. The van der Waals surface area contributed by atoms with Crippen LogP contribution in [0.2, 0.25) is 5.15 Å². The van der Waals surface area contributed by atoms with E-state index in [1.54, 1.807) is 13.2 Å². The number of aromatic nitrogens is 2. The van der Waals surface area contributed by atoms with Gasteiger partial charge < -0.3 is 10.1 Å². The van der Waals surface area contributed by atoms with Crippen LogP contribution < -0.4 is 10.1 Å². The number of nitrogens with one attached hydrogen (secondary N) is 1. The van der Waals surface area contributed by atoms with Gasteiger partial charge in [0.15, 0.2) is 11.4 Å². The molecule has 0 atom stereocenters. The van der Waals surface area contributed by atoms with Crippen molar-refractivity contribution in [1.82, 2.24) is 10.2 Å². The van der Waals surface area contributed by atoms with Crippen molar-refractivity contribution in [2.75, 3.05) is 12.4 Å². The predicted molar refractivity (Wildman–Crippen MR) is 72.8 cm³/mol. The van der Waals surface area contributed by atoms with Gasteiger partial charge in [-0.15, -0.1) is 10.2 Å². The Bertz CT molecular complexity index is 573. The Hall–Kier alpha value is -2.14. The van der Waals surface area contributed by atoms with Crippen LogP contribution in [0, 0.1) is 0 Å². The largest absolute Gasteiger partial charge is 0.497 e. The first-order valence-corrected chi connectivity index (χ1v) is 5.96. The van der Waals surface area contributed by atoms with Gasteiger partial charge in [-0.25, -0.2) is 0 Å². The number of carbonyl (C=O) groups is 1. The molecule has 0 radical (unpaired) electrons. The van der Waals surface area contributed by atoms with Crippen molar-refractivity contribution < 1.29 is 9.53 Å². The van der Waals surface area contributed by atoms with Crippen LogP contribution in [0.15, 0.2) is 30.3 Å². The van der Waals surface area contributed by atoms with Crippen LogP contribution in [0.3, 0.4) is 0 Å². The Morgan fingerprint density at radius 2 is 2.05 bits per heavy atom. The highest BCUT2D eigenvalue weighted by atomic mass is 35.5. The van der Waals surface area contributed by atoms with Gasteiger partial charge in [0.1, 0.15) is 11.4 Å². The van der Waals surface area contributed by atoms with Gasteiger partial charge in [0.05, 0.1) is 12.8 Å². The molecule has 5 nitrogen and oxygen atoms in total. The highest BCUT2D eigenvalue weighted by molar-refractivity contribution is 6.29. The van der Waals surface area contributed by atoms with E-state index in [0.717, 1.165) is 11.3 Å². The molecule has 98 valence electrons. The third-order valence-corrected chi connectivity index (χ3v) is 2.73. The van der Waals surface area contributed by atoms with Gasteiger partial charge in [-0.05, 0) is 17.7 Å². The maximum absolute atomic E-state index is 10.8. The van der Waals surface area contributed by atoms with Crippen molar-refractivity contribution in [3.8, 4) is 5.75 Å². The minimum absolute atomic E-state index is 0.234. The van der Waals surface area contributed by atoms with Gasteiger partial charge in [-0.1, -0.05) is 23.7 Å². The molecule has 19 heavy (non-hydrogen) atoms. The van der Waals surface area contributed by atoms with Crippen LogP contribution in [0.4, 0.5) is 5.69 Å². The zero-order valence-corrected chi connectivity index (χ0v) is 11.0. The SMILES string of the molecule is COc1ccc(CNc2cc(Cl)nnc2C=O)cc1. The molecule has 0 spiro atoms. The number of nitrogens with zero attached hydrogens (tertiary/aromatic N) is 2. The normalized spacial score (nSPS) is 10.0. The standard InChI is InChI=1S/C13H12ClN3O2/c1-19-10-4-2-9(3-5-10)7-15-11-6-13(14)17-16-12(11)8-18/h2-6,8H,7H2,1H3,(H,15,17). The summed E-state index contributed by atoms with van der Waals surface area (Å²) in [6.07, 6.45) is 0.639. The molecule has 0 unspecified atom stereocenters. The molecular formula is C13H12ClN3O2. The van der Waals surface area contributed by atoms with Crippen LogP contribution in [0.5, 0.6) is 5.75 Å². The molecule has 2 aromatic rings. The van der Waals surface area contributed by atoms with E-state index in [9.17, 15) is 4.79 Å². The van der Waals surface area contributed by atoms with E-state index < -0.39 is 0 Å². The van der Waals surface area contributed by atoms with E-state index >= 15 is 0 Å². The minimum Gasteiger partial charge on any atom is -0.497 e. The summed E-state index contributed by atoms with van der Waals surface area (Å²) in [5, 5.41) is 10.7. The van der Waals surface area contributed by atoms with E-state index in [0.29, 0.717) is 18.5 Å². The monoisotopic (exact) mass is 277 g/mol. The van der Waals surface area contributed by atoms with Gasteiger partial charge in [-0.2, -0.15) is 0 Å². The van der Waals surface area contributed by atoms with Gasteiger partial charge in [0, 0.05) is 12.6 Å². The molecule has 1 heterocycles. The van der Waals surface area contributed by atoms with E-state index in [1.807, 2.05) is 24.3 Å². The molecular weight excluding hydrogens is 266 g/mol. The number of hydrogen-bond donors (Lipinski definition) is 1. The lowest BCUT2D eigenvalue weighted by Gasteiger charge is -2.08. The van der Waals surface area contributed by atoms with Gasteiger partial charge in [0.2, 0.25) is 0 Å². The molecule has 1 N–H and O–H groups in total. The number of halogens is 1. The minimum atomic E-state index is 0.234. The Balaban J connectivity index is 2.09. The quantitative estimate of drug-likeness (QED) is 0.851. The van der Waals surface area contributed by atoms with Gasteiger partial charge >= 0.3 is 0 Å². The van der Waals surface area contributed by atoms with Crippen LogP contribution in [0.1, 0.15) is 16.1 Å². The van der Waals surface area contributed by atoms with E-state index in [4.69, 9.17) is 16.3 Å². The third-order valence-electron chi connectivity index (χ3n) is 2.55. The summed E-state index contributed by atoms with van der Waals surface area (Å²) >= 11 is 5.75. The average molecular weight is 278 g/mol. The summed E-state index contributed by atoms with van der Waals surface area (Å²) in [6.45, 7) is 0.548. The van der Waals surface area contributed by atoms with Crippen molar-refractivity contribution >= 4 is 23.6 Å². The molecule has 0 aliphatic heterocycles. The first-order chi connectivity index (χ1) is 9.22. The zero-order valence-electron chi connectivity index (χ0n) is 10.3. The molecule has 6 heteroatoms. The molecule has 0 aliphatic rings. The summed E-state index contributed by atoms with van der Waals surface area (Å²) in [6, 6.07) is 9.18. The molecule has 0 aliphatic carbocycles. The van der Waals surface area contributed by atoms with Crippen molar-refractivity contribution in [3.63, 3.8) is 0 Å². The number of carbonyl (C=O) groups excluding carboxylic acids is 1. The Morgan fingerprint density at radius 3 is 2.68 bits per heavy atom. The van der Waals surface area contributed by atoms with E-state index in [-0.39, 0.29) is 10.8 Å². The van der Waals surface area contributed by atoms with Crippen LogP contribution in [-0.2, 0) is 6.54 Å². The highest BCUT2D eigenvalue weighted by Gasteiger charge is 2.05. The summed E-state index contributed by atoms with van der Waals surface area (Å²) in [7, 11) is 1.62. The Kier molecular flexibility index (Phi) is 4.30. The van der Waals surface area contributed by atoms with E-state index in [1.165, 1.54) is 0 Å². The third kappa shape index (κ3) is 3.42. The maximum atomic E-state index is 10.8. The summed E-state index contributed by atoms with van der Waals surface area (Å²) in [5.41, 5.74) is 1.84. The molecule has 0 fully saturated rings. The fourth-order valence-corrected chi connectivity index (χ4v) is 1.69. The van der Waals surface area contributed by atoms with Crippen LogP contribution >= 0.6 is 11.6 Å². The molecule has 0 saturated carbocycles. The lowest BCUT2D eigenvalue weighted by atomic mass is 10.2. The topological polar surface area (TPSA) is 64.1 Å². The van der Waals surface area contributed by atoms with E-state index in [2.05, 4.69) is 15.5 Å². The molecule has 0 bridgehead atoms. The van der Waals surface area contributed by atoms with Crippen molar-refractivity contribution in [3.05, 3.63) is 46.7 Å². The average Bonchev–Trinajstić information content (AvgIpc) is 2.46. The van der Waals surface area contributed by atoms with Crippen molar-refractivity contribution in [2.24, 2.45) is 0 Å². The van der Waals surface area contributed by atoms with Crippen molar-refractivity contribution in [2.45, 2.75) is 6.54 Å². The summed E-state index contributed by atoms with van der Waals surface area (Å²) in [5.74, 6) is 0.797. The van der Waals surface area contributed by atoms with Gasteiger partial charge in [0.25, 0.3) is 0 Å². The zero-order chi connectivity index (χ0) is 13.7.